The van der Waals surface area contributed by atoms with Crippen molar-refractivity contribution >= 4 is 45.9 Å². The first-order valence-corrected chi connectivity index (χ1v) is 11.6. The summed E-state index contributed by atoms with van der Waals surface area (Å²) < 4.78 is 5.13. The number of amides is 3. The predicted molar refractivity (Wildman–Crippen MR) is 126 cm³/mol. The van der Waals surface area contributed by atoms with E-state index >= 15 is 0 Å². The van der Waals surface area contributed by atoms with Gasteiger partial charge in [-0.2, -0.15) is 0 Å². The van der Waals surface area contributed by atoms with Crippen molar-refractivity contribution in [3.8, 4) is 0 Å². The van der Waals surface area contributed by atoms with E-state index in [1.54, 1.807) is 18.2 Å². The number of carbonyl (C=O) groups excluding carboxylic acids is 3. The Labute approximate surface area is 200 Å². The first kappa shape index (κ1) is 21.3. The highest BCUT2D eigenvalue weighted by atomic mass is 35.5. The summed E-state index contributed by atoms with van der Waals surface area (Å²) in [4.78, 5) is 45.3. The van der Waals surface area contributed by atoms with Crippen LogP contribution in [0.1, 0.15) is 11.1 Å². The summed E-state index contributed by atoms with van der Waals surface area (Å²) in [7, 11) is 1.53. The van der Waals surface area contributed by atoms with E-state index in [9.17, 15) is 14.4 Å². The number of fused-ring (bicyclic) bond motifs is 5. The number of aromatic nitrogens is 1. The molecule has 2 fully saturated rings. The lowest BCUT2D eigenvalue weighted by Gasteiger charge is -2.29. The Kier molecular flexibility index (Phi) is 4.81. The summed E-state index contributed by atoms with van der Waals surface area (Å²) in [6.07, 6.45) is 2.41. The summed E-state index contributed by atoms with van der Waals surface area (Å²) >= 11 is 6.30. The maximum Gasteiger partial charge on any atom is 0.250 e. The molecule has 4 atom stereocenters. The van der Waals surface area contributed by atoms with Crippen LogP contribution >= 0.6 is 11.6 Å². The average Bonchev–Trinajstić information content (AvgIpc) is 3.53. The van der Waals surface area contributed by atoms with Crippen LogP contribution in [0.25, 0.3) is 10.9 Å². The molecule has 0 radical (unpaired) electrons. The fourth-order valence-corrected chi connectivity index (χ4v) is 6.12. The van der Waals surface area contributed by atoms with Gasteiger partial charge in [0.2, 0.25) is 17.7 Å². The number of hydrogen-bond donors (Lipinski definition) is 3. The molecule has 34 heavy (non-hydrogen) atoms. The molecule has 3 N–H and O–H groups in total. The van der Waals surface area contributed by atoms with E-state index in [1.165, 1.54) is 12.0 Å². The molecular weight excluding hydrogens is 456 g/mol. The van der Waals surface area contributed by atoms with Crippen molar-refractivity contribution in [3.05, 3.63) is 64.8 Å². The SMILES string of the molecule is COCCN1C(=O)[C@@H]2[C@@H](C1=O)[C@@]1(N[C@@H]2Cc2c[nH]c3ccccc23)C(=O)Nc2ccc(Cl)cc21. The highest BCUT2D eigenvalue weighted by Crippen LogP contribution is 2.53. The quantitative estimate of drug-likeness (QED) is 0.489. The number of carbonyl (C=O) groups is 3. The third-order valence-electron chi connectivity index (χ3n) is 7.40. The number of H-pyrrole nitrogens is 1. The molecule has 3 amide bonds. The lowest BCUT2D eigenvalue weighted by molar-refractivity contribution is -0.143. The third kappa shape index (κ3) is 2.82. The highest BCUT2D eigenvalue weighted by Gasteiger charge is 2.70. The summed E-state index contributed by atoms with van der Waals surface area (Å²) in [5, 5.41) is 7.87. The van der Waals surface area contributed by atoms with Crippen molar-refractivity contribution < 1.29 is 19.1 Å². The van der Waals surface area contributed by atoms with Crippen LogP contribution in [0, 0.1) is 11.8 Å². The molecule has 0 aliphatic carbocycles. The average molecular weight is 479 g/mol. The van der Waals surface area contributed by atoms with E-state index in [4.69, 9.17) is 16.3 Å². The van der Waals surface area contributed by atoms with Gasteiger partial charge in [0, 0.05) is 46.5 Å². The van der Waals surface area contributed by atoms with Crippen LogP contribution in [-0.2, 0) is 31.1 Å². The Morgan fingerprint density at radius 3 is 2.76 bits per heavy atom. The van der Waals surface area contributed by atoms with Crippen LogP contribution in [-0.4, -0.2) is 53.9 Å². The molecule has 0 unspecified atom stereocenters. The summed E-state index contributed by atoms with van der Waals surface area (Å²) in [6.45, 7) is 0.389. The lowest BCUT2D eigenvalue weighted by atomic mass is 9.76. The molecule has 2 aromatic carbocycles. The monoisotopic (exact) mass is 478 g/mol. The van der Waals surface area contributed by atoms with Crippen LogP contribution in [0.4, 0.5) is 5.69 Å². The summed E-state index contributed by atoms with van der Waals surface area (Å²) in [5.74, 6) is -2.52. The van der Waals surface area contributed by atoms with Gasteiger partial charge < -0.3 is 15.0 Å². The van der Waals surface area contributed by atoms with Gasteiger partial charge in [-0.05, 0) is 36.2 Å². The van der Waals surface area contributed by atoms with Crippen molar-refractivity contribution in [1.82, 2.24) is 15.2 Å². The molecule has 6 rings (SSSR count). The van der Waals surface area contributed by atoms with E-state index in [0.29, 0.717) is 22.7 Å². The number of nitrogens with zero attached hydrogens (tertiary/aromatic N) is 1. The molecule has 1 aromatic heterocycles. The number of likely N-dealkylation sites (tertiary alicyclic amines) is 1. The van der Waals surface area contributed by atoms with Crippen LogP contribution in [0.2, 0.25) is 5.02 Å². The minimum atomic E-state index is -1.36. The molecule has 3 aliphatic heterocycles. The lowest BCUT2D eigenvalue weighted by Crippen LogP contribution is -2.53. The van der Waals surface area contributed by atoms with E-state index in [-0.39, 0.29) is 30.9 Å². The zero-order valence-corrected chi connectivity index (χ0v) is 19.2. The first-order valence-electron chi connectivity index (χ1n) is 11.2. The van der Waals surface area contributed by atoms with Crippen molar-refractivity contribution in [1.29, 1.82) is 0 Å². The highest BCUT2D eigenvalue weighted by molar-refractivity contribution is 6.31. The number of anilines is 1. The standard InChI is InChI=1S/C25H23ClN4O4/c1-34-9-8-30-22(31)20-19(10-13-12-27-17-5-3-2-4-15(13)17)29-25(21(20)23(30)32)16-11-14(26)6-7-18(16)28-24(25)33/h2-7,11-12,19-21,27,29H,8-10H2,1H3,(H,28,33)/t19-,20+,21+,25-/m1/s1. The number of benzene rings is 2. The van der Waals surface area contributed by atoms with Gasteiger partial charge in [-0.25, -0.2) is 0 Å². The van der Waals surface area contributed by atoms with Gasteiger partial charge in [0.15, 0.2) is 0 Å². The molecule has 3 aromatic rings. The fraction of sp³-hybridized carbons (Fsp3) is 0.320. The Bertz CT molecular complexity index is 1350. The number of halogens is 1. The topological polar surface area (TPSA) is 104 Å². The number of hydrogen-bond acceptors (Lipinski definition) is 5. The summed E-state index contributed by atoms with van der Waals surface area (Å²) in [6, 6.07) is 12.6. The molecule has 8 nitrogen and oxygen atoms in total. The fourth-order valence-electron chi connectivity index (χ4n) is 5.95. The number of para-hydroxylation sites is 1. The second-order valence-electron chi connectivity index (χ2n) is 9.09. The van der Waals surface area contributed by atoms with Gasteiger partial charge in [0.1, 0.15) is 5.54 Å². The first-order chi connectivity index (χ1) is 16.5. The molecule has 4 heterocycles. The Hall–Kier alpha value is -3.20. The number of imide groups is 1. The number of ether oxygens (including phenoxy) is 1. The van der Waals surface area contributed by atoms with Crippen LogP contribution in [0.15, 0.2) is 48.7 Å². The van der Waals surface area contributed by atoms with Gasteiger partial charge in [0.05, 0.1) is 25.0 Å². The van der Waals surface area contributed by atoms with Crippen molar-refractivity contribution in [2.45, 2.75) is 18.0 Å². The van der Waals surface area contributed by atoms with Crippen LogP contribution in [0.3, 0.4) is 0 Å². The Morgan fingerprint density at radius 2 is 1.94 bits per heavy atom. The molecule has 174 valence electrons. The number of nitrogens with one attached hydrogen (secondary N) is 3. The van der Waals surface area contributed by atoms with Crippen LogP contribution in [0.5, 0.6) is 0 Å². The van der Waals surface area contributed by atoms with Crippen LogP contribution < -0.4 is 10.6 Å². The minimum absolute atomic E-state index is 0.154. The van der Waals surface area contributed by atoms with Crippen molar-refractivity contribution in [2.75, 3.05) is 25.6 Å². The van der Waals surface area contributed by atoms with Gasteiger partial charge in [-0.1, -0.05) is 29.8 Å². The van der Waals surface area contributed by atoms with Crippen molar-refractivity contribution in [2.24, 2.45) is 11.8 Å². The normalized spacial score (nSPS) is 27.6. The Balaban J connectivity index is 1.47. The second kappa shape index (κ2) is 7.66. The van der Waals surface area contributed by atoms with E-state index in [0.717, 1.165) is 16.5 Å². The van der Waals surface area contributed by atoms with Gasteiger partial charge in [-0.15, -0.1) is 0 Å². The van der Waals surface area contributed by atoms with Gasteiger partial charge in [0.25, 0.3) is 0 Å². The van der Waals surface area contributed by atoms with Gasteiger partial charge >= 0.3 is 0 Å². The maximum absolute atomic E-state index is 13.7. The number of rotatable bonds is 5. The zero-order chi connectivity index (χ0) is 23.6. The molecule has 0 saturated carbocycles. The predicted octanol–water partition coefficient (Wildman–Crippen LogP) is 2.43. The van der Waals surface area contributed by atoms with E-state index < -0.39 is 23.4 Å². The largest absolute Gasteiger partial charge is 0.383 e. The van der Waals surface area contributed by atoms with E-state index in [1.807, 2.05) is 30.5 Å². The molecule has 2 saturated heterocycles. The molecular formula is C25H23ClN4O4. The maximum atomic E-state index is 13.7. The molecule has 3 aliphatic rings. The summed E-state index contributed by atoms with van der Waals surface area (Å²) in [5.41, 5.74) is 1.85. The third-order valence-corrected chi connectivity index (χ3v) is 7.64. The number of aromatic amines is 1. The van der Waals surface area contributed by atoms with Crippen molar-refractivity contribution in [3.63, 3.8) is 0 Å². The zero-order valence-electron chi connectivity index (χ0n) is 18.4. The molecule has 9 heteroatoms. The molecule has 0 bridgehead atoms. The Morgan fingerprint density at radius 1 is 1.12 bits per heavy atom. The minimum Gasteiger partial charge on any atom is -0.383 e. The molecule has 1 spiro atoms. The van der Waals surface area contributed by atoms with E-state index in [2.05, 4.69) is 15.6 Å². The number of methoxy groups -OCH3 is 1. The van der Waals surface area contributed by atoms with Gasteiger partial charge in [-0.3, -0.25) is 24.6 Å². The second-order valence-corrected chi connectivity index (χ2v) is 9.53. The smallest absolute Gasteiger partial charge is 0.250 e.